The number of carboxylic acid groups (broad SMARTS) is 1. The van der Waals surface area contributed by atoms with E-state index in [-0.39, 0.29) is 20.9 Å². The first-order valence-corrected chi connectivity index (χ1v) is 8.39. The highest BCUT2D eigenvalue weighted by Gasteiger charge is 2.30. The van der Waals surface area contributed by atoms with E-state index in [0.29, 0.717) is 0 Å². The zero-order chi connectivity index (χ0) is 19.5. The van der Waals surface area contributed by atoms with Crippen molar-refractivity contribution in [3.05, 3.63) is 59.7 Å². The second-order valence-corrected chi connectivity index (χ2v) is 6.98. The average Bonchev–Trinajstić information content (AvgIpc) is 2.59. The molecule has 0 aliphatic carbocycles. The molecule has 0 aliphatic rings. The summed E-state index contributed by atoms with van der Waals surface area (Å²) in [5.41, 5.74) is -0.452. The first-order chi connectivity index (χ1) is 12.0. The molecule has 10 heteroatoms. The topological polar surface area (TPSA) is 101 Å². The van der Waals surface area contributed by atoms with E-state index in [1.807, 2.05) is 0 Å². The summed E-state index contributed by atoms with van der Waals surface area (Å²) in [4.78, 5) is 21.7. The molecule has 6 nitrogen and oxygen atoms in total. The van der Waals surface area contributed by atoms with Crippen LogP contribution in [0.3, 0.4) is 0 Å². The monoisotopic (exact) mass is 387 g/mol. The molecule has 0 saturated heterocycles. The lowest BCUT2D eigenvalue weighted by atomic mass is 10.2. The molecular formula is C16H10F3O6S-. The number of hydrogen-bond acceptors (Lipinski definition) is 6. The molecule has 138 valence electrons. The number of ether oxygens (including phenoxy) is 1. The van der Waals surface area contributed by atoms with Gasteiger partial charge in [-0.3, -0.25) is 0 Å². The molecule has 2 rings (SSSR count). The summed E-state index contributed by atoms with van der Waals surface area (Å²) < 4.78 is 65.0. The van der Waals surface area contributed by atoms with E-state index in [2.05, 4.69) is 4.74 Å². The Labute approximate surface area is 145 Å². The summed E-state index contributed by atoms with van der Waals surface area (Å²) in [6, 6.07) is 8.37. The predicted octanol–water partition coefficient (Wildman–Crippen LogP) is 1.60. The first-order valence-electron chi connectivity index (χ1n) is 6.91. The second kappa shape index (κ2) is 7.16. The number of halogens is 3. The van der Waals surface area contributed by atoms with Gasteiger partial charge < -0.3 is 14.6 Å². The Morgan fingerprint density at radius 1 is 0.885 bits per heavy atom. The van der Waals surface area contributed by atoms with Gasteiger partial charge in [-0.05, 0) is 42.0 Å². The smallest absolute Gasteiger partial charge is 0.422 e. The van der Waals surface area contributed by atoms with Crippen molar-refractivity contribution in [2.45, 2.75) is 16.0 Å². The van der Waals surface area contributed by atoms with Crippen LogP contribution in [-0.4, -0.2) is 33.1 Å². The van der Waals surface area contributed by atoms with Crippen molar-refractivity contribution in [2.75, 3.05) is 6.61 Å². The molecule has 0 atom stereocenters. The highest BCUT2D eigenvalue weighted by atomic mass is 32.2. The first kappa shape index (κ1) is 19.4. The van der Waals surface area contributed by atoms with E-state index in [1.54, 1.807) is 0 Å². The van der Waals surface area contributed by atoms with Gasteiger partial charge >= 0.3 is 12.1 Å². The predicted molar refractivity (Wildman–Crippen MR) is 79.0 cm³/mol. The number of carbonyl (C=O) groups excluding carboxylic acids is 2. The van der Waals surface area contributed by atoms with Gasteiger partial charge in [0.1, 0.15) is 0 Å². The number of aromatic carboxylic acids is 1. The van der Waals surface area contributed by atoms with Crippen LogP contribution in [0.1, 0.15) is 20.7 Å². The molecule has 0 N–H and O–H groups in total. The number of rotatable bonds is 5. The lowest BCUT2D eigenvalue weighted by molar-refractivity contribution is -0.255. The number of carboxylic acids is 1. The van der Waals surface area contributed by atoms with Crippen LogP contribution < -0.4 is 5.11 Å². The zero-order valence-electron chi connectivity index (χ0n) is 12.8. The van der Waals surface area contributed by atoms with Gasteiger partial charge in [-0.15, -0.1) is 0 Å². The molecule has 0 aliphatic heterocycles. The van der Waals surface area contributed by atoms with E-state index in [0.717, 1.165) is 48.5 Å². The maximum absolute atomic E-state index is 12.4. The van der Waals surface area contributed by atoms with Gasteiger partial charge in [0.05, 0.1) is 21.3 Å². The fourth-order valence-corrected chi connectivity index (χ4v) is 3.17. The Bertz CT molecular complexity index is 916. The van der Waals surface area contributed by atoms with Crippen molar-refractivity contribution in [2.24, 2.45) is 0 Å². The standard InChI is InChI=1S/C16H11F3O6S/c17-16(18,19)9-25-15(22)11-3-7-13(8-4-11)26(23,24)12-5-1-10(2-6-12)14(20)21/h1-8H,9H2,(H,20,21)/p-1. The van der Waals surface area contributed by atoms with Gasteiger partial charge in [0, 0.05) is 0 Å². The van der Waals surface area contributed by atoms with E-state index in [9.17, 15) is 36.3 Å². The van der Waals surface area contributed by atoms with Gasteiger partial charge in [-0.2, -0.15) is 13.2 Å². The molecule has 26 heavy (non-hydrogen) atoms. The normalized spacial score (nSPS) is 11.8. The van der Waals surface area contributed by atoms with Crippen molar-refractivity contribution >= 4 is 21.8 Å². The van der Waals surface area contributed by atoms with Crippen LogP contribution in [0, 0.1) is 0 Å². The summed E-state index contributed by atoms with van der Waals surface area (Å²) in [7, 11) is -4.00. The minimum Gasteiger partial charge on any atom is -0.545 e. The molecule has 0 unspecified atom stereocenters. The van der Waals surface area contributed by atoms with E-state index in [1.165, 1.54) is 0 Å². The van der Waals surface area contributed by atoms with Crippen LogP contribution in [-0.2, 0) is 14.6 Å². The van der Waals surface area contributed by atoms with Crippen LogP contribution in [0.4, 0.5) is 13.2 Å². The molecule has 0 radical (unpaired) electrons. The van der Waals surface area contributed by atoms with E-state index < -0.39 is 34.6 Å². The molecule has 2 aromatic rings. The molecule has 0 heterocycles. The number of esters is 1. The minimum atomic E-state index is -4.67. The van der Waals surface area contributed by atoms with Crippen molar-refractivity contribution in [3.8, 4) is 0 Å². The van der Waals surface area contributed by atoms with Gasteiger partial charge in [-0.1, -0.05) is 12.1 Å². The number of hydrogen-bond donors (Lipinski definition) is 0. The van der Waals surface area contributed by atoms with E-state index in [4.69, 9.17) is 0 Å². The Morgan fingerprint density at radius 3 is 1.69 bits per heavy atom. The molecule has 0 aromatic heterocycles. The third kappa shape index (κ3) is 4.60. The highest BCUT2D eigenvalue weighted by Crippen LogP contribution is 2.22. The van der Waals surface area contributed by atoms with Gasteiger partial charge in [0.25, 0.3) is 0 Å². The Hall–Kier alpha value is -2.88. The van der Waals surface area contributed by atoms with E-state index >= 15 is 0 Å². The fourth-order valence-electron chi connectivity index (χ4n) is 1.91. The molecule has 2 aromatic carbocycles. The maximum Gasteiger partial charge on any atom is 0.422 e. The molecule has 0 bridgehead atoms. The third-order valence-electron chi connectivity index (χ3n) is 3.17. The lowest BCUT2D eigenvalue weighted by Gasteiger charge is -2.09. The van der Waals surface area contributed by atoms with Crippen molar-refractivity contribution in [3.63, 3.8) is 0 Å². The van der Waals surface area contributed by atoms with Crippen molar-refractivity contribution < 1.29 is 41.0 Å². The van der Waals surface area contributed by atoms with Crippen molar-refractivity contribution in [1.82, 2.24) is 0 Å². The van der Waals surface area contributed by atoms with Crippen molar-refractivity contribution in [1.29, 1.82) is 0 Å². The minimum absolute atomic E-state index is 0.199. The number of sulfone groups is 1. The number of carbonyl (C=O) groups is 2. The SMILES string of the molecule is O=C([O-])c1ccc(S(=O)(=O)c2ccc(C(=O)OCC(F)(F)F)cc2)cc1. The summed E-state index contributed by atoms with van der Waals surface area (Å²) >= 11 is 0. The third-order valence-corrected chi connectivity index (χ3v) is 4.95. The Kier molecular flexibility index (Phi) is 5.36. The highest BCUT2D eigenvalue weighted by molar-refractivity contribution is 7.91. The van der Waals surface area contributed by atoms with Crippen LogP contribution >= 0.6 is 0 Å². The Morgan fingerprint density at radius 2 is 1.31 bits per heavy atom. The summed E-state index contributed by atoms with van der Waals surface area (Å²) in [5.74, 6) is -2.71. The van der Waals surface area contributed by atoms with Crippen LogP contribution in [0.15, 0.2) is 58.3 Å². The second-order valence-electron chi connectivity index (χ2n) is 5.03. The van der Waals surface area contributed by atoms with Gasteiger partial charge in [0.2, 0.25) is 9.84 Å². The Balaban J connectivity index is 2.21. The van der Waals surface area contributed by atoms with Gasteiger partial charge in [0.15, 0.2) is 6.61 Å². The van der Waals surface area contributed by atoms with Crippen LogP contribution in [0.2, 0.25) is 0 Å². The molecule has 0 saturated carbocycles. The zero-order valence-corrected chi connectivity index (χ0v) is 13.6. The average molecular weight is 387 g/mol. The largest absolute Gasteiger partial charge is 0.545 e. The lowest BCUT2D eigenvalue weighted by Crippen LogP contribution is -2.22. The number of alkyl halides is 3. The molecule has 0 amide bonds. The summed E-state index contributed by atoms with van der Waals surface area (Å²) in [5, 5.41) is 10.7. The molecular weight excluding hydrogens is 377 g/mol. The fraction of sp³-hybridized carbons (Fsp3) is 0.125. The molecule has 0 fully saturated rings. The van der Waals surface area contributed by atoms with Gasteiger partial charge in [-0.25, -0.2) is 13.2 Å². The van der Waals surface area contributed by atoms with Crippen LogP contribution in [0.25, 0.3) is 0 Å². The number of benzene rings is 2. The summed E-state index contributed by atoms with van der Waals surface area (Å²) in [6.07, 6.45) is -4.67. The summed E-state index contributed by atoms with van der Waals surface area (Å²) in [6.45, 7) is -1.75. The molecule has 0 spiro atoms. The maximum atomic E-state index is 12.4. The van der Waals surface area contributed by atoms with Crippen LogP contribution in [0.5, 0.6) is 0 Å². The quantitative estimate of drug-likeness (QED) is 0.723.